The number of thioether (sulfide) groups is 1. The number of pyridine rings is 2. The van der Waals surface area contributed by atoms with Crippen LogP contribution in [0.15, 0.2) is 55.0 Å². The van der Waals surface area contributed by atoms with Crippen molar-refractivity contribution in [3.05, 3.63) is 71.7 Å². The third kappa shape index (κ3) is 5.78. The lowest BCUT2D eigenvalue weighted by atomic mass is 9.94. The van der Waals surface area contributed by atoms with Gasteiger partial charge in [-0.05, 0) is 73.5 Å². The minimum absolute atomic E-state index is 0.116. The molecule has 4 heterocycles. The van der Waals surface area contributed by atoms with E-state index in [4.69, 9.17) is 4.74 Å². The summed E-state index contributed by atoms with van der Waals surface area (Å²) < 4.78 is 7.51. The van der Waals surface area contributed by atoms with Gasteiger partial charge in [0.1, 0.15) is 17.1 Å². The molecule has 2 amide bonds. The number of fused-ring (bicyclic) bond motifs is 2. The first-order chi connectivity index (χ1) is 18.7. The molecule has 0 spiro atoms. The van der Waals surface area contributed by atoms with Crippen LogP contribution >= 0.6 is 11.8 Å². The van der Waals surface area contributed by atoms with Gasteiger partial charge in [0.25, 0.3) is 5.91 Å². The molecular weight excluding hydrogens is 510 g/mol. The number of carbonyl (C=O) groups is 2. The molecule has 0 unspecified atom stereocenters. The van der Waals surface area contributed by atoms with Gasteiger partial charge < -0.3 is 14.6 Å². The van der Waals surface area contributed by atoms with Crippen molar-refractivity contribution in [3.8, 4) is 11.1 Å². The Morgan fingerprint density at radius 1 is 1.08 bits per heavy atom. The average Bonchev–Trinajstić information content (AvgIpc) is 3.46. The zero-order valence-electron chi connectivity index (χ0n) is 23.5. The molecule has 0 radical (unpaired) electrons. The van der Waals surface area contributed by atoms with Crippen LogP contribution in [0.25, 0.3) is 22.2 Å². The zero-order valence-corrected chi connectivity index (χ0v) is 24.3. The van der Waals surface area contributed by atoms with E-state index in [0.29, 0.717) is 17.1 Å². The molecule has 0 aliphatic carbocycles. The quantitative estimate of drug-likeness (QED) is 0.285. The van der Waals surface area contributed by atoms with Crippen molar-refractivity contribution in [2.24, 2.45) is 7.05 Å². The Morgan fingerprint density at radius 2 is 1.85 bits per heavy atom. The minimum atomic E-state index is -0.722. The van der Waals surface area contributed by atoms with Gasteiger partial charge in [-0.2, -0.15) is 11.8 Å². The zero-order chi connectivity index (χ0) is 28.3. The molecule has 3 aromatic heterocycles. The van der Waals surface area contributed by atoms with Crippen LogP contribution in [0.1, 0.15) is 56.1 Å². The normalized spacial score (nSPS) is 12.7. The molecule has 39 heavy (non-hydrogen) atoms. The van der Waals surface area contributed by atoms with Crippen molar-refractivity contribution in [2.75, 3.05) is 11.6 Å². The Hall–Kier alpha value is -3.85. The smallest absolute Gasteiger partial charge is 0.417 e. The molecule has 5 rings (SSSR count). The lowest BCUT2D eigenvalue weighted by molar-refractivity contribution is 0.0248. The van der Waals surface area contributed by atoms with E-state index >= 15 is 0 Å². The first kappa shape index (κ1) is 28.2. The molecule has 0 atom stereocenters. The van der Waals surface area contributed by atoms with Crippen LogP contribution in [0.5, 0.6) is 0 Å². The monoisotopic (exact) mass is 545 g/mol. The predicted molar refractivity (Wildman–Crippen MR) is 158 cm³/mol. The third-order valence-electron chi connectivity index (χ3n) is 6.16. The second-order valence-electron chi connectivity index (χ2n) is 10.0. The van der Waals surface area contributed by atoms with Gasteiger partial charge >= 0.3 is 6.09 Å². The minimum Gasteiger partial charge on any atom is -0.443 e. The molecule has 8 nitrogen and oxygen atoms in total. The summed E-state index contributed by atoms with van der Waals surface area (Å²) >= 11 is 1.73. The van der Waals surface area contributed by atoms with Gasteiger partial charge in [0.15, 0.2) is 0 Å². The number of aromatic nitrogens is 3. The summed E-state index contributed by atoms with van der Waals surface area (Å²) in [6, 6.07) is 11.7. The second kappa shape index (κ2) is 11.5. The highest BCUT2D eigenvalue weighted by molar-refractivity contribution is 7.97. The molecule has 0 saturated heterocycles. The lowest BCUT2D eigenvalue weighted by Crippen LogP contribution is -2.37. The molecule has 9 heteroatoms. The molecule has 204 valence electrons. The Morgan fingerprint density at radius 3 is 2.51 bits per heavy atom. The molecule has 1 aromatic carbocycles. The fourth-order valence-electron chi connectivity index (χ4n) is 4.53. The van der Waals surface area contributed by atoms with E-state index in [1.54, 1.807) is 38.7 Å². The predicted octanol–water partition coefficient (Wildman–Crippen LogP) is 7.16. The van der Waals surface area contributed by atoms with Gasteiger partial charge in [-0.25, -0.2) is 19.7 Å². The van der Waals surface area contributed by atoms with Gasteiger partial charge in [-0.3, -0.25) is 4.79 Å². The highest BCUT2D eigenvalue weighted by Crippen LogP contribution is 2.40. The molecule has 0 bridgehead atoms. The van der Waals surface area contributed by atoms with E-state index in [1.165, 1.54) is 4.90 Å². The molecule has 1 aliphatic heterocycles. The first-order valence-corrected chi connectivity index (χ1v) is 14.4. The number of nitrogens with zero attached hydrogens (tertiary/aromatic N) is 4. The topological polar surface area (TPSA) is 89.4 Å². The van der Waals surface area contributed by atoms with Crippen molar-refractivity contribution in [1.82, 2.24) is 19.4 Å². The third-order valence-corrected chi connectivity index (χ3v) is 6.78. The maximum Gasteiger partial charge on any atom is 0.417 e. The number of carbonyl (C=O) groups excluding carboxylic acids is 2. The number of hydrogen-bond acceptors (Lipinski definition) is 7. The fourth-order valence-corrected chi connectivity index (χ4v) is 5.03. The number of aryl methyl sites for hydroxylation is 1. The molecule has 4 aromatic rings. The summed E-state index contributed by atoms with van der Waals surface area (Å²) in [5.74, 6) is 1.10. The van der Waals surface area contributed by atoms with Gasteiger partial charge in [-0.15, -0.1) is 0 Å². The second-order valence-corrected chi connectivity index (χ2v) is 10.9. The molecule has 0 fully saturated rings. The Kier molecular flexibility index (Phi) is 8.30. The van der Waals surface area contributed by atoms with Crippen LogP contribution in [0.2, 0.25) is 0 Å². The number of hydrogen-bond donors (Lipinski definition) is 1. The maximum absolute atomic E-state index is 13.7. The standard InChI is InChI=1S/C28H29N5O3S.C2H6/c1-28(2,3)36-27(35)33-15-21-18(19-10-12-29-25-20(19)11-13-32(25)4)7-8-22(24(21)26(33)34)31-23-9-6-17(14-30-23)16-37-5;1-2/h6-14H,15-16H2,1-5H3,(H,30,31);1-2H3. The lowest BCUT2D eigenvalue weighted by Gasteiger charge is -2.23. The van der Waals surface area contributed by atoms with Gasteiger partial charge in [0, 0.05) is 36.8 Å². The highest BCUT2D eigenvalue weighted by atomic mass is 32.2. The largest absolute Gasteiger partial charge is 0.443 e. The van der Waals surface area contributed by atoms with Gasteiger partial charge in [0.05, 0.1) is 17.8 Å². The van der Waals surface area contributed by atoms with Crippen LogP contribution in [-0.4, -0.2) is 43.3 Å². The average molecular weight is 546 g/mol. The number of nitrogens with one attached hydrogen (secondary N) is 1. The van der Waals surface area contributed by atoms with E-state index in [2.05, 4.69) is 15.3 Å². The van der Waals surface area contributed by atoms with Crippen molar-refractivity contribution in [2.45, 2.75) is 52.5 Å². The number of ether oxygens (including phenoxy) is 1. The van der Waals surface area contributed by atoms with Crippen molar-refractivity contribution < 1.29 is 14.3 Å². The van der Waals surface area contributed by atoms with E-state index in [0.717, 1.165) is 39.0 Å². The summed E-state index contributed by atoms with van der Waals surface area (Å²) in [4.78, 5) is 36.9. The molecule has 1 N–H and O–H groups in total. The van der Waals surface area contributed by atoms with Gasteiger partial charge in [0.2, 0.25) is 0 Å². The van der Waals surface area contributed by atoms with Gasteiger partial charge in [-0.1, -0.05) is 26.0 Å². The van der Waals surface area contributed by atoms with Crippen molar-refractivity contribution in [1.29, 1.82) is 0 Å². The van der Waals surface area contributed by atoms with Crippen LogP contribution < -0.4 is 5.32 Å². The van der Waals surface area contributed by atoms with E-state index in [1.807, 2.05) is 80.5 Å². The SMILES string of the molecule is CC.CSCc1ccc(Nc2ccc(-c3ccnc4c3ccn4C)c3c2C(=O)N(C(=O)OC(C)(C)C)C3)nc1. The van der Waals surface area contributed by atoms with Crippen LogP contribution in [-0.2, 0) is 24.1 Å². The number of imide groups is 1. The van der Waals surface area contributed by atoms with Crippen molar-refractivity contribution in [3.63, 3.8) is 0 Å². The Labute approximate surface area is 233 Å². The van der Waals surface area contributed by atoms with E-state index in [9.17, 15) is 9.59 Å². The Balaban J connectivity index is 0.00000172. The number of rotatable bonds is 5. The molecule has 1 aliphatic rings. The molecule has 0 saturated carbocycles. The number of benzene rings is 1. The number of anilines is 2. The summed E-state index contributed by atoms with van der Waals surface area (Å²) in [5, 5.41) is 4.27. The van der Waals surface area contributed by atoms with E-state index < -0.39 is 17.6 Å². The summed E-state index contributed by atoms with van der Waals surface area (Å²) in [6.07, 6.45) is 6.93. The highest BCUT2D eigenvalue weighted by Gasteiger charge is 2.38. The number of amides is 2. The van der Waals surface area contributed by atoms with Crippen LogP contribution in [0.4, 0.5) is 16.3 Å². The van der Waals surface area contributed by atoms with Crippen molar-refractivity contribution >= 4 is 46.3 Å². The summed E-state index contributed by atoms with van der Waals surface area (Å²) in [5.41, 5.74) is 4.87. The van der Waals surface area contributed by atoms with Crippen LogP contribution in [0.3, 0.4) is 0 Å². The Bertz CT molecular complexity index is 1510. The van der Waals surface area contributed by atoms with E-state index in [-0.39, 0.29) is 6.54 Å². The summed E-state index contributed by atoms with van der Waals surface area (Å²) in [6.45, 7) is 9.47. The van der Waals surface area contributed by atoms with Crippen LogP contribution in [0, 0.1) is 0 Å². The summed E-state index contributed by atoms with van der Waals surface area (Å²) in [7, 11) is 1.95. The maximum atomic E-state index is 13.7. The first-order valence-electron chi connectivity index (χ1n) is 13.0. The molecular formula is C30H35N5O3S. The fraction of sp³-hybridized carbons (Fsp3) is 0.333.